The van der Waals surface area contributed by atoms with E-state index in [1.165, 1.54) is 10.7 Å². The van der Waals surface area contributed by atoms with Crippen molar-refractivity contribution >= 4 is 10.8 Å². The van der Waals surface area contributed by atoms with Gasteiger partial charge >= 0.3 is 6.18 Å². The maximum atomic E-state index is 12.9. The number of aromatic nitrogens is 2. The van der Waals surface area contributed by atoms with Gasteiger partial charge in [0.25, 0.3) is 0 Å². The van der Waals surface area contributed by atoms with Crippen LogP contribution in [0.15, 0.2) is 6.07 Å². The van der Waals surface area contributed by atoms with Crippen LogP contribution in [0.5, 0.6) is 0 Å². The Balaban J connectivity index is 1.96. The molecule has 1 aromatic heterocycles. The van der Waals surface area contributed by atoms with E-state index in [9.17, 15) is 17.4 Å². The van der Waals surface area contributed by atoms with Crippen LogP contribution in [-0.4, -0.2) is 49.5 Å². The van der Waals surface area contributed by atoms with Crippen molar-refractivity contribution in [1.29, 1.82) is 0 Å². The fraction of sp³-hybridized carbons (Fsp3) is 0.833. The normalized spacial score (nSPS) is 22.7. The Kier molecular flexibility index (Phi) is 7.70. The highest BCUT2D eigenvalue weighted by molar-refractivity contribution is 7.84. The minimum absolute atomic E-state index is 0.133. The Hall–Kier alpha value is -0.890. The van der Waals surface area contributed by atoms with Crippen LogP contribution in [0.25, 0.3) is 0 Å². The molecular formula is C18H30F3N3OS. The molecular weight excluding hydrogens is 363 g/mol. The van der Waals surface area contributed by atoms with Crippen LogP contribution in [0, 0.1) is 0 Å². The third kappa shape index (κ3) is 5.55. The smallest absolute Gasteiger partial charge is 0.299 e. The molecule has 4 nitrogen and oxygen atoms in total. The summed E-state index contributed by atoms with van der Waals surface area (Å²) in [6.07, 6.45) is 0.346. The maximum Gasteiger partial charge on any atom is 0.435 e. The van der Waals surface area contributed by atoms with Gasteiger partial charge in [0.2, 0.25) is 0 Å². The summed E-state index contributed by atoms with van der Waals surface area (Å²) < 4.78 is 51.8. The first-order valence-electron chi connectivity index (χ1n) is 9.46. The van der Waals surface area contributed by atoms with Crippen LogP contribution in [0.1, 0.15) is 63.3 Å². The van der Waals surface area contributed by atoms with Crippen molar-refractivity contribution in [3.63, 3.8) is 0 Å². The SMILES string of the molecule is CCCN(CCS(=O)CC)C1CCC(c2cc(C(F)(F)F)nn2C)CC1. The molecule has 1 unspecified atom stereocenters. The number of rotatable bonds is 8. The summed E-state index contributed by atoms with van der Waals surface area (Å²) in [6, 6.07) is 1.65. The zero-order chi connectivity index (χ0) is 19.3. The molecule has 1 fully saturated rings. The molecule has 0 aromatic carbocycles. The lowest BCUT2D eigenvalue weighted by Gasteiger charge is -2.37. The molecule has 0 N–H and O–H groups in total. The van der Waals surface area contributed by atoms with Gasteiger partial charge in [0, 0.05) is 53.6 Å². The van der Waals surface area contributed by atoms with E-state index in [1.807, 2.05) is 6.92 Å². The van der Waals surface area contributed by atoms with Crippen molar-refractivity contribution < 1.29 is 17.4 Å². The van der Waals surface area contributed by atoms with E-state index in [1.54, 1.807) is 7.05 Å². The molecule has 2 rings (SSSR count). The highest BCUT2D eigenvalue weighted by atomic mass is 32.2. The van der Waals surface area contributed by atoms with Crippen molar-refractivity contribution in [2.45, 2.75) is 64.1 Å². The standard InChI is InChI=1S/C18H30F3N3OS/c1-4-10-24(11-12-26(25)5-2)15-8-6-14(7-9-15)16-13-17(18(19,20)21)22-23(16)3/h13-15H,4-12H2,1-3H3. The van der Waals surface area contributed by atoms with E-state index in [4.69, 9.17) is 0 Å². The van der Waals surface area contributed by atoms with Crippen LogP contribution in [0.2, 0.25) is 0 Å². The van der Waals surface area contributed by atoms with Gasteiger partial charge in [-0.15, -0.1) is 0 Å². The summed E-state index contributed by atoms with van der Waals surface area (Å²) in [7, 11) is 0.836. The largest absolute Gasteiger partial charge is 0.435 e. The number of alkyl halides is 3. The zero-order valence-corrected chi connectivity index (χ0v) is 16.7. The number of hydrogen-bond acceptors (Lipinski definition) is 3. The third-order valence-corrected chi connectivity index (χ3v) is 6.56. The fourth-order valence-electron chi connectivity index (χ4n) is 3.87. The second-order valence-electron chi connectivity index (χ2n) is 7.05. The zero-order valence-electron chi connectivity index (χ0n) is 15.9. The minimum Gasteiger partial charge on any atom is -0.299 e. The summed E-state index contributed by atoms with van der Waals surface area (Å²) in [5.41, 5.74) is -0.114. The van der Waals surface area contributed by atoms with Gasteiger partial charge in [-0.2, -0.15) is 18.3 Å². The number of halogens is 3. The molecule has 0 amide bonds. The molecule has 0 spiro atoms. The molecule has 0 aliphatic heterocycles. The van der Waals surface area contributed by atoms with Gasteiger partial charge in [-0.25, -0.2) is 0 Å². The lowest BCUT2D eigenvalue weighted by atomic mass is 9.83. The average Bonchev–Trinajstić information content (AvgIpc) is 3.00. The first-order chi connectivity index (χ1) is 12.3. The molecule has 0 saturated heterocycles. The lowest BCUT2D eigenvalue weighted by Crippen LogP contribution is -2.40. The highest BCUT2D eigenvalue weighted by Gasteiger charge is 2.36. The number of aryl methyl sites for hydroxylation is 1. The van der Waals surface area contributed by atoms with E-state index >= 15 is 0 Å². The lowest BCUT2D eigenvalue weighted by molar-refractivity contribution is -0.141. The van der Waals surface area contributed by atoms with Gasteiger partial charge in [-0.05, 0) is 44.7 Å². The molecule has 1 heterocycles. The van der Waals surface area contributed by atoms with Gasteiger partial charge in [0.1, 0.15) is 0 Å². The van der Waals surface area contributed by atoms with E-state index in [2.05, 4.69) is 16.9 Å². The first kappa shape index (κ1) is 21.4. The van der Waals surface area contributed by atoms with E-state index in [-0.39, 0.29) is 5.92 Å². The quantitative estimate of drug-likeness (QED) is 0.671. The second kappa shape index (κ2) is 9.35. The molecule has 1 saturated carbocycles. The molecule has 1 aliphatic carbocycles. The maximum absolute atomic E-state index is 12.9. The van der Waals surface area contributed by atoms with E-state index in [0.717, 1.165) is 45.2 Å². The molecule has 1 atom stereocenters. The third-order valence-electron chi connectivity index (χ3n) is 5.28. The summed E-state index contributed by atoms with van der Waals surface area (Å²) in [5, 5.41) is 3.65. The second-order valence-corrected chi connectivity index (χ2v) is 8.92. The van der Waals surface area contributed by atoms with Crippen molar-refractivity contribution in [3.8, 4) is 0 Å². The molecule has 1 aromatic rings. The van der Waals surface area contributed by atoms with E-state index in [0.29, 0.717) is 23.2 Å². The Labute approximate surface area is 156 Å². The first-order valence-corrected chi connectivity index (χ1v) is 10.9. The Morgan fingerprint density at radius 1 is 1.23 bits per heavy atom. The van der Waals surface area contributed by atoms with E-state index < -0.39 is 22.7 Å². The Morgan fingerprint density at radius 2 is 1.88 bits per heavy atom. The van der Waals surface area contributed by atoms with Crippen molar-refractivity contribution in [1.82, 2.24) is 14.7 Å². The topological polar surface area (TPSA) is 38.1 Å². The van der Waals surface area contributed by atoms with Crippen LogP contribution in [0.3, 0.4) is 0 Å². The number of hydrogen-bond donors (Lipinski definition) is 0. The van der Waals surface area contributed by atoms with Gasteiger partial charge in [0.15, 0.2) is 5.69 Å². The highest BCUT2D eigenvalue weighted by Crippen LogP contribution is 2.37. The molecule has 150 valence electrons. The van der Waals surface area contributed by atoms with Gasteiger partial charge in [-0.3, -0.25) is 13.8 Å². The van der Waals surface area contributed by atoms with Crippen LogP contribution >= 0.6 is 0 Å². The van der Waals surface area contributed by atoms with Crippen LogP contribution in [0.4, 0.5) is 13.2 Å². The molecule has 26 heavy (non-hydrogen) atoms. The summed E-state index contributed by atoms with van der Waals surface area (Å²) in [6.45, 7) is 5.91. The molecule has 0 bridgehead atoms. The van der Waals surface area contributed by atoms with Crippen molar-refractivity contribution in [2.75, 3.05) is 24.6 Å². The molecule has 8 heteroatoms. The Bertz CT molecular complexity index is 595. The van der Waals surface area contributed by atoms with Crippen LogP contribution < -0.4 is 0 Å². The average molecular weight is 394 g/mol. The van der Waals surface area contributed by atoms with Crippen molar-refractivity contribution in [3.05, 3.63) is 17.5 Å². The van der Waals surface area contributed by atoms with Gasteiger partial charge in [0.05, 0.1) is 0 Å². The predicted octanol–water partition coefficient (Wildman–Crippen LogP) is 3.95. The number of nitrogens with zero attached hydrogens (tertiary/aromatic N) is 3. The van der Waals surface area contributed by atoms with Gasteiger partial charge in [-0.1, -0.05) is 13.8 Å². The summed E-state index contributed by atoms with van der Waals surface area (Å²) in [4.78, 5) is 2.42. The Morgan fingerprint density at radius 3 is 2.38 bits per heavy atom. The summed E-state index contributed by atoms with van der Waals surface area (Å²) in [5.74, 6) is 1.52. The van der Waals surface area contributed by atoms with Crippen molar-refractivity contribution in [2.24, 2.45) is 7.05 Å². The molecule has 1 aliphatic rings. The van der Waals surface area contributed by atoms with Gasteiger partial charge < -0.3 is 0 Å². The fourth-order valence-corrected chi connectivity index (χ4v) is 4.59. The predicted molar refractivity (Wildman–Crippen MR) is 98.6 cm³/mol. The minimum atomic E-state index is -4.39. The molecule has 0 radical (unpaired) electrons. The summed E-state index contributed by atoms with van der Waals surface area (Å²) >= 11 is 0. The van der Waals surface area contributed by atoms with Crippen LogP contribution in [-0.2, 0) is 24.0 Å². The monoisotopic (exact) mass is 393 g/mol.